The SMILES string of the molecule is COCCNc1nc(N)nc2c1ncn2[C@H]1C=C[C@@H](COP(=O)(N[C@@H](C)C(=O)O)Oc2ccccc2)C1. The number of rotatable bonds is 13. The molecule has 4 rings (SSSR count). The third-order valence-corrected chi connectivity index (χ3v) is 7.34. The van der Waals surface area contributed by atoms with E-state index in [-0.39, 0.29) is 24.5 Å². The van der Waals surface area contributed by atoms with Gasteiger partial charge in [0, 0.05) is 19.6 Å². The van der Waals surface area contributed by atoms with Crippen molar-refractivity contribution in [2.45, 2.75) is 25.4 Å². The van der Waals surface area contributed by atoms with Crippen molar-refractivity contribution in [2.24, 2.45) is 5.92 Å². The number of nitrogens with two attached hydrogens (primary N) is 1. The smallest absolute Gasteiger partial charge is 0.459 e. The molecule has 1 aliphatic rings. The predicted octanol–water partition coefficient (Wildman–Crippen LogP) is 2.85. The standard InChI is InChI=1S/C23H30N7O6P/c1-15(22(31)32)29-37(33,36-18-6-4-3-5-7-18)35-13-16-8-9-17(12-16)30-14-26-19-20(25-10-11-34-2)27-23(24)28-21(19)30/h3-9,14-17H,10-13H2,1-2H3,(H,29,33)(H,31,32)(H3,24,25,27,28)/t15-,16+,17-,37?/m0/s1. The van der Waals surface area contributed by atoms with Crippen molar-refractivity contribution < 1.29 is 28.3 Å². The first-order valence-electron chi connectivity index (χ1n) is 11.7. The van der Waals surface area contributed by atoms with Gasteiger partial charge in [-0.15, -0.1) is 0 Å². The molecule has 0 amide bonds. The lowest BCUT2D eigenvalue weighted by molar-refractivity contribution is -0.138. The Balaban J connectivity index is 1.45. The van der Waals surface area contributed by atoms with Crippen molar-refractivity contribution in [3.63, 3.8) is 0 Å². The van der Waals surface area contributed by atoms with E-state index in [9.17, 15) is 14.5 Å². The molecule has 0 fully saturated rings. The lowest BCUT2D eigenvalue weighted by Crippen LogP contribution is -2.33. The van der Waals surface area contributed by atoms with Gasteiger partial charge in [-0.05, 0) is 25.5 Å². The van der Waals surface area contributed by atoms with E-state index in [2.05, 4.69) is 25.4 Å². The average molecular weight is 532 g/mol. The molecule has 2 aromatic heterocycles. The molecule has 1 aliphatic carbocycles. The van der Waals surface area contributed by atoms with E-state index in [1.807, 2.05) is 16.7 Å². The lowest BCUT2D eigenvalue weighted by Gasteiger charge is -2.23. The Morgan fingerprint density at radius 1 is 1.30 bits per heavy atom. The minimum Gasteiger partial charge on any atom is -0.480 e. The fourth-order valence-electron chi connectivity index (χ4n) is 3.85. The fourth-order valence-corrected chi connectivity index (χ4v) is 5.40. The van der Waals surface area contributed by atoms with Crippen LogP contribution in [-0.4, -0.2) is 63.5 Å². The van der Waals surface area contributed by atoms with E-state index in [1.54, 1.807) is 43.8 Å². The highest BCUT2D eigenvalue weighted by Crippen LogP contribution is 2.46. The monoisotopic (exact) mass is 531 g/mol. The maximum atomic E-state index is 13.4. The number of carbonyl (C=O) groups is 1. The average Bonchev–Trinajstić information content (AvgIpc) is 3.50. The number of nitrogens with zero attached hydrogens (tertiary/aromatic N) is 4. The maximum absolute atomic E-state index is 13.4. The molecule has 37 heavy (non-hydrogen) atoms. The second-order valence-electron chi connectivity index (χ2n) is 8.51. The number of para-hydroxylation sites is 1. The summed E-state index contributed by atoms with van der Waals surface area (Å²) < 4.78 is 31.7. The lowest BCUT2D eigenvalue weighted by atomic mass is 10.1. The third kappa shape index (κ3) is 6.63. The number of fused-ring (bicyclic) bond motifs is 1. The molecule has 0 aliphatic heterocycles. The summed E-state index contributed by atoms with van der Waals surface area (Å²) in [5, 5.41) is 14.9. The van der Waals surface area contributed by atoms with Gasteiger partial charge in [0.25, 0.3) is 0 Å². The number of anilines is 2. The van der Waals surface area contributed by atoms with Gasteiger partial charge in [0.1, 0.15) is 11.8 Å². The van der Waals surface area contributed by atoms with Crippen LogP contribution < -0.4 is 20.7 Å². The zero-order chi connectivity index (χ0) is 26.4. The van der Waals surface area contributed by atoms with Crippen LogP contribution in [0.5, 0.6) is 5.75 Å². The van der Waals surface area contributed by atoms with Crippen molar-refractivity contribution in [1.29, 1.82) is 0 Å². The quantitative estimate of drug-likeness (QED) is 0.144. The van der Waals surface area contributed by atoms with Gasteiger partial charge in [-0.1, -0.05) is 30.4 Å². The van der Waals surface area contributed by atoms with Gasteiger partial charge >= 0.3 is 13.7 Å². The Labute approximate surface area is 213 Å². The minimum atomic E-state index is -3.99. The van der Waals surface area contributed by atoms with Crippen molar-refractivity contribution in [3.05, 3.63) is 48.8 Å². The zero-order valence-electron chi connectivity index (χ0n) is 20.5. The molecule has 1 aromatic carbocycles. The topological polar surface area (TPSA) is 176 Å². The molecule has 1 unspecified atom stereocenters. The predicted molar refractivity (Wildman–Crippen MR) is 137 cm³/mol. The number of imidazole rings is 1. The van der Waals surface area contributed by atoms with Crippen molar-refractivity contribution in [3.8, 4) is 5.75 Å². The molecule has 0 saturated carbocycles. The summed E-state index contributed by atoms with van der Waals surface area (Å²) in [4.78, 5) is 24.4. The van der Waals surface area contributed by atoms with E-state index >= 15 is 0 Å². The summed E-state index contributed by atoms with van der Waals surface area (Å²) >= 11 is 0. The Morgan fingerprint density at radius 3 is 2.81 bits per heavy atom. The van der Waals surface area contributed by atoms with Crippen LogP contribution in [0.15, 0.2) is 48.8 Å². The number of ether oxygens (including phenoxy) is 1. The first-order valence-corrected chi connectivity index (χ1v) is 13.2. The van der Waals surface area contributed by atoms with Crippen molar-refractivity contribution >= 4 is 36.6 Å². The van der Waals surface area contributed by atoms with Crippen LogP contribution >= 0.6 is 7.75 Å². The van der Waals surface area contributed by atoms with Crippen LogP contribution in [0.2, 0.25) is 0 Å². The Bertz CT molecular complexity index is 1300. The highest BCUT2D eigenvalue weighted by atomic mass is 31.2. The number of nitrogen functional groups attached to an aromatic ring is 1. The van der Waals surface area contributed by atoms with Gasteiger partial charge < -0.3 is 30.0 Å². The molecule has 2 heterocycles. The number of methoxy groups -OCH3 is 1. The van der Waals surface area contributed by atoms with Crippen LogP contribution in [0.25, 0.3) is 11.2 Å². The van der Waals surface area contributed by atoms with Gasteiger partial charge in [-0.2, -0.15) is 15.1 Å². The van der Waals surface area contributed by atoms with E-state index in [4.69, 9.17) is 19.5 Å². The van der Waals surface area contributed by atoms with Gasteiger partial charge in [0.2, 0.25) is 5.95 Å². The Hall–Kier alpha value is -3.51. The summed E-state index contributed by atoms with van der Waals surface area (Å²) in [6.07, 6.45) is 6.23. The first kappa shape index (κ1) is 26.6. The third-order valence-electron chi connectivity index (χ3n) is 5.69. The van der Waals surface area contributed by atoms with E-state index in [0.29, 0.717) is 42.3 Å². The molecule has 14 heteroatoms. The maximum Gasteiger partial charge on any atom is 0.459 e. The van der Waals surface area contributed by atoms with Gasteiger partial charge in [0.15, 0.2) is 17.0 Å². The minimum absolute atomic E-state index is 0.0457. The van der Waals surface area contributed by atoms with E-state index < -0.39 is 19.8 Å². The summed E-state index contributed by atoms with van der Waals surface area (Å²) in [7, 11) is -2.38. The molecule has 5 N–H and O–H groups in total. The normalized spacial score (nSPS) is 19.5. The summed E-state index contributed by atoms with van der Waals surface area (Å²) in [6, 6.07) is 7.21. The molecule has 3 aromatic rings. The highest BCUT2D eigenvalue weighted by Gasteiger charge is 2.33. The largest absolute Gasteiger partial charge is 0.480 e. The van der Waals surface area contributed by atoms with Gasteiger partial charge in [0.05, 0.1) is 25.6 Å². The molecular formula is C23H30N7O6P. The highest BCUT2D eigenvalue weighted by molar-refractivity contribution is 7.52. The van der Waals surface area contributed by atoms with Crippen LogP contribution in [0, 0.1) is 5.92 Å². The number of hydrogen-bond acceptors (Lipinski definition) is 10. The van der Waals surface area contributed by atoms with Crippen LogP contribution in [-0.2, 0) is 18.6 Å². The van der Waals surface area contributed by atoms with Crippen LogP contribution in [0.1, 0.15) is 19.4 Å². The zero-order valence-corrected chi connectivity index (χ0v) is 21.4. The number of allylic oxidation sites excluding steroid dienone is 1. The number of aromatic nitrogens is 4. The number of aliphatic carboxylic acids is 1. The van der Waals surface area contributed by atoms with Crippen LogP contribution in [0.4, 0.5) is 11.8 Å². The molecule has 0 saturated heterocycles. The van der Waals surface area contributed by atoms with E-state index in [1.165, 1.54) is 6.92 Å². The Morgan fingerprint density at radius 2 is 2.08 bits per heavy atom. The van der Waals surface area contributed by atoms with Crippen molar-refractivity contribution in [1.82, 2.24) is 24.6 Å². The van der Waals surface area contributed by atoms with Crippen LogP contribution in [0.3, 0.4) is 0 Å². The first-order chi connectivity index (χ1) is 17.8. The number of carboxylic acids is 1. The van der Waals surface area contributed by atoms with Crippen molar-refractivity contribution in [2.75, 3.05) is 37.9 Å². The van der Waals surface area contributed by atoms with E-state index in [0.717, 1.165) is 0 Å². The molecule has 198 valence electrons. The Kier molecular flexibility index (Phi) is 8.39. The summed E-state index contributed by atoms with van der Waals surface area (Å²) in [6.45, 7) is 2.45. The molecule has 13 nitrogen and oxygen atoms in total. The number of hydrogen-bond donors (Lipinski definition) is 4. The van der Waals surface area contributed by atoms with Gasteiger partial charge in [-0.3, -0.25) is 9.32 Å². The molecule has 0 spiro atoms. The second-order valence-corrected chi connectivity index (χ2v) is 10.2. The summed E-state index contributed by atoms with van der Waals surface area (Å²) in [5.74, 6) is -0.347. The molecule has 0 bridgehead atoms. The number of nitrogens with one attached hydrogen (secondary N) is 2. The summed E-state index contributed by atoms with van der Waals surface area (Å²) in [5.41, 5.74) is 7.11. The molecule has 4 atom stereocenters. The molecule has 0 radical (unpaired) electrons. The fraction of sp³-hybridized carbons (Fsp3) is 0.391. The molecular weight excluding hydrogens is 501 g/mol. The number of benzene rings is 1. The number of carboxylic acid groups (broad SMARTS) is 1. The second kappa shape index (κ2) is 11.7. The van der Waals surface area contributed by atoms with Gasteiger partial charge in [-0.25, -0.2) is 9.55 Å².